The van der Waals surface area contributed by atoms with Crippen LogP contribution in [0.25, 0.3) is 11.1 Å². The summed E-state index contributed by atoms with van der Waals surface area (Å²) in [5.41, 5.74) is 8.23. The number of fused-ring (bicyclic) bond motifs is 1. The molecule has 0 fully saturated rings. The summed E-state index contributed by atoms with van der Waals surface area (Å²) in [7, 11) is 0. The monoisotopic (exact) mass is 305 g/mol. The highest BCUT2D eigenvalue weighted by Gasteiger charge is 2.21. The molecule has 1 aromatic carbocycles. The van der Waals surface area contributed by atoms with Crippen LogP contribution in [0.4, 0.5) is 5.69 Å². The van der Waals surface area contributed by atoms with Gasteiger partial charge in [-0.2, -0.15) is 0 Å². The highest BCUT2D eigenvalue weighted by molar-refractivity contribution is 5.74. The van der Waals surface area contributed by atoms with E-state index in [1.54, 1.807) is 12.7 Å². The minimum Gasteiger partial charge on any atom is -0.365 e. The molecule has 1 aliphatic heterocycles. The summed E-state index contributed by atoms with van der Waals surface area (Å²) in [4.78, 5) is 18.4. The van der Waals surface area contributed by atoms with Gasteiger partial charge in [0.2, 0.25) is 0 Å². The standard InChI is InChI=1S/C18H19N5/c1-12-18(13(2)21-11-20-12)15-4-3-14-5-6-23(17(14)7-15)9-16-8-19-10-22-16/h3-4,7-8,10-11H,5-6,9H2,1-2H3,(H,19,22). The maximum atomic E-state index is 4.35. The second-order valence-electron chi connectivity index (χ2n) is 6.01. The van der Waals surface area contributed by atoms with Crippen LogP contribution >= 0.6 is 0 Å². The summed E-state index contributed by atoms with van der Waals surface area (Å²) in [6.45, 7) is 5.99. The molecule has 0 atom stereocenters. The Hall–Kier alpha value is -2.69. The fourth-order valence-electron chi connectivity index (χ4n) is 3.35. The van der Waals surface area contributed by atoms with Gasteiger partial charge in [0.05, 0.1) is 18.6 Å². The molecule has 0 saturated heterocycles. The van der Waals surface area contributed by atoms with Gasteiger partial charge in [0.1, 0.15) is 6.33 Å². The lowest BCUT2D eigenvalue weighted by molar-refractivity contribution is 0.819. The minimum atomic E-state index is 0.861. The van der Waals surface area contributed by atoms with Gasteiger partial charge in [0.25, 0.3) is 0 Å². The van der Waals surface area contributed by atoms with Crippen LogP contribution in [-0.2, 0) is 13.0 Å². The van der Waals surface area contributed by atoms with Gasteiger partial charge in [-0.25, -0.2) is 15.0 Å². The van der Waals surface area contributed by atoms with Gasteiger partial charge in [-0.15, -0.1) is 0 Å². The number of imidazole rings is 1. The first kappa shape index (κ1) is 13.9. The van der Waals surface area contributed by atoms with Crippen molar-refractivity contribution in [2.45, 2.75) is 26.8 Å². The lowest BCUT2D eigenvalue weighted by atomic mass is 10.00. The first-order valence-electron chi connectivity index (χ1n) is 7.86. The smallest absolute Gasteiger partial charge is 0.115 e. The lowest BCUT2D eigenvalue weighted by Gasteiger charge is -2.19. The Labute approximate surface area is 135 Å². The normalized spacial score (nSPS) is 13.4. The van der Waals surface area contributed by atoms with E-state index < -0.39 is 0 Å². The van der Waals surface area contributed by atoms with E-state index in [-0.39, 0.29) is 0 Å². The largest absolute Gasteiger partial charge is 0.365 e. The third kappa shape index (κ3) is 2.48. The molecule has 0 unspecified atom stereocenters. The van der Waals surface area contributed by atoms with Crippen molar-refractivity contribution in [3.05, 3.63) is 59.7 Å². The van der Waals surface area contributed by atoms with Crippen molar-refractivity contribution in [3.8, 4) is 11.1 Å². The van der Waals surface area contributed by atoms with Crippen molar-refractivity contribution in [2.75, 3.05) is 11.4 Å². The summed E-state index contributed by atoms with van der Waals surface area (Å²) < 4.78 is 0. The van der Waals surface area contributed by atoms with Gasteiger partial charge in [-0.1, -0.05) is 12.1 Å². The predicted molar refractivity (Wildman–Crippen MR) is 90.3 cm³/mol. The fraction of sp³-hybridized carbons (Fsp3) is 0.278. The Morgan fingerprint density at radius 2 is 2.00 bits per heavy atom. The predicted octanol–water partition coefficient (Wildman–Crippen LogP) is 3.05. The van der Waals surface area contributed by atoms with Crippen LogP contribution < -0.4 is 4.90 Å². The van der Waals surface area contributed by atoms with Crippen LogP contribution in [0.15, 0.2) is 37.1 Å². The van der Waals surface area contributed by atoms with E-state index in [0.717, 1.165) is 42.2 Å². The number of hydrogen-bond acceptors (Lipinski definition) is 4. The van der Waals surface area contributed by atoms with Crippen molar-refractivity contribution in [2.24, 2.45) is 0 Å². The molecule has 0 saturated carbocycles. The van der Waals surface area contributed by atoms with Crippen LogP contribution in [0, 0.1) is 13.8 Å². The van der Waals surface area contributed by atoms with Gasteiger partial charge in [-0.05, 0) is 37.5 Å². The molecular formula is C18H19N5. The number of H-pyrrole nitrogens is 1. The van der Waals surface area contributed by atoms with Gasteiger partial charge in [0, 0.05) is 35.4 Å². The lowest BCUT2D eigenvalue weighted by Crippen LogP contribution is -2.19. The van der Waals surface area contributed by atoms with E-state index in [1.165, 1.54) is 16.8 Å². The number of nitrogens with zero attached hydrogens (tertiary/aromatic N) is 4. The highest BCUT2D eigenvalue weighted by atomic mass is 15.2. The first-order valence-corrected chi connectivity index (χ1v) is 7.86. The molecule has 3 aromatic rings. The molecule has 2 aromatic heterocycles. The molecule has 5 heteroatoms. The Balaban J connectivity index is 1.73. The Bertz CT molecular complexity index is 818. The topological polar surface area (TPSA) is 57.7 Å². The number of benzene rings is 1. The zero-order chi connectivity index (χ0) is 15.8. The van der Waals surface area contributed by atoms with Crippen LogP contribution in [0.2, 0.25) is 0 Å². The van der Waals surface area contributed by atoms with Crippen LogP contribution in [0.5, 0.6) is 0 Å². The number of rotatable bonds is 3. The summed E-state index contributed by atoms with van der Waals surface area (Å²) in [6.07, 6.45) is 6.34. The second kappa shape index (κ2) is 5.50. The van der Waals surface area contributed by atoms with Crippen molar-refractivity contribution in [3.63, 3.8) is 0 Å². The van der Waals surface area contributed by atoms with E-state index >= 15 is 0 Å². The van der Waals surface area contributed by atoms with E-state index in [4.69, 9.17) is 0 Å². The average Bonchev–Trinajstić information content (AvgIpc) is 3.18. The average molecular weight is 305 g/mol. The molecule has 4 rings (SSSR count). The number of nitrogens with one attached hydrogen (secondary N) is 1. The number of anilines is 1. The summed E-state index contributed by atoms with van der Waals surface area (Å²) in [5.74, 6) is 0. The zero-order valence-corrected chi connectivity index (χ0v) is 13.4. The van der Waals surface area contributed by atoms with E-state index in [1.807, 2.05) is 20.0 Å². The zero-order valence-electron chi connectivity index (χ0n) is 13.4. The number of hydrogen-bond donors (Lipinski definition) is 1. The number of aromatic nitrogens is 4. The Morgan fingerprint density at radius 3 is 2.74 bits per heavy atom. The van der Waals surface area contributed by atoms with Crippen LogP contribution in [0.3, 0.4) is 0 Å². The summed E-state index contributed by atoms with van der Waals surface area (Å²) >= 11 is 0. The van der Waals surface area contributed by atoms with Crippen molar-refractivity contribution in [1.82, 2.24) is 19.9 Å². The van der Waals surface area contributed by atoms with Gasteiger partial charge >= 0.3 is 0 Å². The highest BCUT2D eigenvalue weighted by Crippen LogP contribution is 2.35. The van der Waals surface area contributed by atoms with Crippen molar-refractivity contribution in [1.29, 1.82) is 0 Å². The number of aromatic amines is 1. The third-order valence-corrected chi connectivity index (χ3v) is 4.51. The van der Waals surface area contributed by atoms with Gasteiger partial charge in [-0.3, -0.25) is 0 Å². The van der Waals surface area contributed by atoms with Crippen LogP contribution in [0.1, 0.15) is 22.6 Å². The van der Waals surface area contributed by atoms with E-state index in [2.05, 4.69) is 43.0 Å². The molecule has 0 radical (unpaired) electrons. The Kier molecular flexibility index (Phi) is 3.33. The van der Waals surface area contributed by atoms with Gasteiger partial charge < -0.3 is 9.88 Å². The molecule has 0 aliphatic carbocycles. The molecular weight excluding hydrogens is 286 g/mol. The quantitative estimate of drug-likeness (QED) is 0.808. The maximum Gasteiger partial charge on any atom is 0.115 e. The first-order chi connectivity index (χ1) is 11.2. The molecule has 3 heterocycles. The second-order valence-corrected chi connectivity index (χ2v) is 6.01. The van der Waals surface area contributed by atoms with Crippen LogP contribution in [-0.4, -0.2) is 26.5 Å². The molecule has 1 aliphatic rings. The maximum absolute atomic E-state index is 4.35. The molecule has 5 nitrogen and oxygen atoms in total. The number of aryl methyl sites for hydroxylation is 2. The minimum absolute atomic E-state index is 0.861. The van der Waals surface area contributed by atoms with Gasteiger partial charge in [0.15, 0.2) is 0 Å². The molecule has 1 N–H and O–H groups in total. The SMILES string of the molecule is Cc1ncnc(C)c1-c1ccc2c(c1)N(Cc1cnc[nH]1)CC2. The molecule has 0 spiro atoms. The van der Waals surface area contributed by atoms with E-state index in [9.17, 15) is 0 Å². The van der Waals surface area contributed by atoms with Crippen molar-refractivity contribution >= 4 is 5.69 Å². The third-order valence-electron chi connectivity index (χ3n) is 4.51. The molecule has 23 heavy (non-hydrogen) atoms. The fourth-order valence-corrected chi connectivity index (χ4v) is 3.35. The Morgan fingerprint density at radius 1 is 1.17 bits per heavy atom. The molecule has 116 valence electrons. The summed E-state index contributed by atoms with van der Waals surface area (Å²) in [5, 5.41) is 0. The molecule has 0 bridgehead atoms. The van der Waals surface area contributed by atoms with E-state index in [0.29, 0.717) is 0 Å². The summed E-state index contributed by atoms with van der Waals surface area (Å²) in [6, 6.07) is 6.71. The van der Waals surface area contributed by atoms with Crippen molar-refractivity contribution < 1.29 is 0 Å². The molecule has 0 amide bonds.